The molecule has 0 aromatic carbocycles. The first kappa shape index (κ1) is 77.5. The molecule has 39 atom stereocenters. The number of carbonyl (C=O) groups excluding carboxylic acids is 3. The van der Waals surface area contributed by atoms with Crippen LogP contribution in [0.1, 0.15) is 27.7 Å². The Balaban J connectivity index is 1.29. The predicted molar refractivity (Wildman–Crippen MR) is 286 cm³/mol. The molecule has 7 heterocycles. The highest BCUT2D eigenvalue weighted by Gasteiger charge is 2.60. The van der Waals surface area contributed by atoms with E-state index in [-0.39, 0.29) is 6.29 Å². The molecule has 4 unspecified atom stereocenters. The third-order valence-electron chi connectivity index (χ3n) is 16.9. The zero-order valence-electron chi connectivity index (χ0n) is 50.1. The molecule has 41 nitrogen and oxygen atoms in total. The van der Waals surface area contributed by atoms with Crippen LogP contribution >= 0.6 is 0 Å². The van der Waals surface area contributed by atoms with Crippen LogP contribution in [0.25, 0.3) is 0 Å². The lowest BCUT2D eigenvalue weighted by atomic mass is 9.93. The Hall–Kier alpha value is -2.83. The number of hydrogen-bond acceptors (Lipinski definition) is 39. The highest BCUT2D eigenvalue weighted by Crippen LogP contribution is 2.39. The van der Waals surface area contributed by atoms with E-state index < -0.39 is 291 Å². The van der Waals surface area contributed by atoms with Gasteiger partial charge in [-0.2, -0.15) is 0 Å². The molecule has 24 N–H and O–H groups in total. The van der Waals surface area contributed by atoms with Gasteiger partial charge in [-0.1, -0.05) is 0 Å². The van der Waals surface area contributed by atoms with Gasteiger partial charge in [0.25, 0.3) is 0 Å². The number of rotatable bonds is 26. The van der Waals surface area contributed by atoms with Crippen molar-refractivity contribution in [2.24, 2.45) is 0 Å². The summed E-state index contributed by atoms with van der Waals surface area (Å²) in [5.74, 6) is -1.92. The average Bonchev–Trinajstić information content (AvgIpc) is 0.777. The SMILES string of the molecule is CC(=O)N[C@@H]1C(O[C@@H]2O[C@@H](C)[C@@H](O)[C@@H](O)[C@@H]2O)C(O[C@@H]2O[C@H](CO)[C@H](O)[C@H](O)[C@H]2O)[C@@H](CO)O[C@H]1OC1[C@@H](O)[C@H](O[C@@H]([C@H](O)[C@@H](O)C=O)[C@H](O)CO)O[C@H](COC2O[C@H](CO)[C@@H](O[C@@H]3O[C@H](CO)[C@H](O)[C@H](O)[C@H]3O)[C@H](O[C@@H]3O[C@@H](C)[C@@H](O)[C@@H](O)[C@@H]3O)[C@H]2NC(C)=O)[C@@H]1O. The Morgan fingerprint density at radius 1 is 0.409 bits per heavy atom. The van der Waals surface area contributed by atoms with Crippen LogP contribution in [0.15, 0.2) is 0 Å². The van der Waals surface area contributed by atoms with Crippen LogP contribution in [-0.4, -0.2) is 409 Å². The second-order valence-corrected chi connectivity index (χ2v) is 23.5. The lowest BCUT2D eigenvalue weighted by molar-refractivity contribution is -0.391. The molecule has 7 fully saturated rings. The zero-order chi connectivity index (χ0) is 68.9. The van der Waals surface area contributed by atoms with E-state index in [4.69, 9.17) is 66.3 Å². The molecule has 0 spiro atoms. The minimum absolute atomic E-state index is 0.206. The lowest BCUT2D eigenvalue weighted by Crippen LogP contribution is -2.71. The summed E-state index contributed by atoms with van der Waals surface area (Å²) in [5, 5.41) is 243. The van der Waals surface area contributed by atoms with Crippen LogP contribution in [0, 0.1) is 0 Å². The minimum atomic E-state index is -2.52. The fraction of sp³-hybridized carbons (Fsp3) is 0.942. The van der Waals surface area contributed by atoms with Crippen LogP contribution in [-0.2, 0) is 80.7 Å². The maximum atomic E-state index is 13.3. The highest BCUT2D eigenvalue weighted by molar-refractivity contribution is 5.73. The van der Waals surface area contributed by atoms with Crippen molar-refractivity contribution in [1.82, 2.24) is 10.6 Å². The van der Waals surface area contributed by atoms with E-state index in [1.807, 2.05) is 0 Å². The lowest BCUT2D eigenvalue weighted by Gasteiger charge is -2.52. The summed E-state index contributed by atoms with van der Waals surface area (Å²) in [6.45, 7) is -2.30. The molecule has 0 radical (unpaired) electrons. The van der Waals surface area contributed by atoms with E-state index in [1.165, 1.54) is 13.8 Å². The normalized spacial score (nSPS) is 48.0. The number of aliphatic hydroxyl groups is 22. The summed E-state index contributed by atoms with van der Waals surface area (Å²) in [4.78, 5) is 38.2. The first-order valence-electron chi connectivity index (χ1n) is 29.6. The predicted octanol–water partition coefficient (Wildman–Crippen LogP) is -16.3. The van der Waals surface area contributed by atoms with E-state index in [9.17, 15) is 127 Å². The van der Waals surface area contributed by atoms with E-state index in [0.29, 0.717) is 0 Å². The molecule has 7 aliphatic rings. The molecule has 0 aromatic rings. The Morgan fingerprint density at radius 3 is 1.16 bits per heavy atom. The molecule has 7 saturated heterocycles. The molecule has 93 heavy (non-hydrogen) atoms. The largest absolute Gasteiger partial charge is 0.394 e. The summed E-state index contributed by atoms with van der Waals surface area (Å²) >= 11 is 0. The highest BCUT2D eigenvalue weighted by atomic mass is 16.8. The van der Waals surface area contributed by atoms with E-state index in [0.717, 1.165) is 13.8 Å². The molecule has 0 bridgehead atoms. The topological polar surface area (TPSA) is 650 Å². The summed E-state index contributed by atoms with van der Waals surface area (Å²) in [6, 6.07) is -3.87. The third-order valence-corrected chi connectivity index (χ3v) is 16.9. The molecule has 0 aliphatic carbocycles. The smallest absolute Gasteiger partial charge is 0.217 e. The fourth-order valence-electron chi connectivity index (χ4n) is 11.6. The third kappa shape index (κ3) is 17.3. The van der Waals surface area contributed by atoms with Crippen LogP contribution in [0.2, 0.25) is 0 Å². The van der Waals surface area contributed by atoms with Gasteiger partial charge in [0, 0.05) is 13.8 Å². The van der Waals surface area contributed by atoms with E-state index >= 15 is 0 Å². The quantitative estimate of drug-likeness (QED) is 0.0358. The van der Waals surface area contributed by atoms with Gasteiger partial charge in [0.15, 0.2) is 50.3 Å². The molecule has 0 aromatic heterocycles. The average molecular weight is 1370 g/mol. The van der Waals surface area contributed by atoms with Gasteiger partial charge in [0.1, 0.15) is 183 Å². The number of amides is 2. The van der Waals surface area contributed by atoms with Crippen molar-refractivity contribution >= 4 is 18.1 Å². The van der Waals surface area contributed by atoms with Crippen molar-refractivity contribution in [3.63, 3.8) is 0 Å². The van der Waals surface area contributed by atoms with Crippen LogP contribution in [0.4, 0.5) is 0 Å². The molecule has 41 heteroatoms. The molecule has 7 aliphatic heterocycles. The summed E-state index contributed by atoms with van der Waals surface area (Å²) in [6.07, 6.45) is -75.5. The molecular weight excluding hydrogens is 1280 g/mol. The van der Waals surface area contributed by atoms with E-state index in [2.05, 4.69) is 10.6 Å². The van der Waals surface area contributed by atoms with Crippen molar-refractivity contribution in [2.45, 2.75) is 267 Å². The van der Waals surface area contributed by atoms with E-state index in [1.54, 1.807) is 0 Å². The summed E-state index contributed by atoms with van der Waals surface area (Å²) < 4.78 is 83.3. The number of aldehydes is 1. The van der Waals surface area contributed by atoms with Gasteiger partial charge in [-0.3, -0.25) is 9.59 Å². The first-order chi connectivity index (χ1) is 43.9. The standard InChI is InChI=1S/C52H88N2O39/c1-12-25(65)31(71)35(75)48(81-12)91-43-23(53-14(3)61)46(85-20(9-59)41(43)89-50-37(77)33(73)28(68)18(7-57)83-50)80-11-22-30(70)45(39(79)52(87-22)88-40(17(64)6-56)27(67)16(63)5-55)93-47-24(54-15(4)62)44(92-49-36(76)32(72)26(66)13(2)82-49)42(21(10-60)86-47)90-51-38(78)34(74)29(69)19(8-58)84-51/h5,12-13,16-52,56-60,63-79H,6-11H2,1-4H3,(H,53,61)(H,54,62)/t12-,13-,16-,17+,18+,19+,20+,21+,22+,23+,24+,25+,26+,27+,28-,29-,30-,31+,32+,33-,34-,35-,36-,37+,38+,39+,40+,41+,42?,43+,44?,45?,46?,47-,48-,49-,50-,51-,52-/m0/s1. The first-order valence-corrected chi connectivity index (χ1v) is 29.6. The van der Waals surface area contributed by atoms with Crippen molar-refractivity contribution < 1.29 is 193 Å². The van der Waals surface area contributed by atoms with Crippen molar-refractivity contribution in [2.75, 3.05) is 39.6 Å². The van der Waals surface area contributed by atoms with Gasteiger partial charge in [-0.25, -0.2) is 0 Å². The van der Waals surface area contributed by atoms with Crippen molar-refractivity contribution in [3.05, 3.63) is 0 Å². The van der Waals surface area contributed by atoms with Gasteiger partial charge < -0.3 is 194 Å². The number of carbonyl (C=O) groups is 3. The van der Waals surface area contributed by atoms with Gasteiger partial charge in [0.2, 0.25) is 11.8 Å². The van der Waals surface area contributed by atoms with Crippen LogP contribution in [0.3, 0.4) is 0 Å². The molecule has 2 amide bonds. The summed E-state index contributed by atoms with van der Waals surface area (Å²) in [7, 11) is 0. The van der Waals surface area contributed by atoms with Gasteiger partial charge in [-0.15, -0.1) is 0 Å². The Labute approximate surface area is 527 Å². The Bertz CT molecular complexity index is 2330. The van der Waals surface area contributed by atoms with Crippen LogP contribution in [0.5, 0.6) is 0 Å². The Kier molecular flexibility index (Phi) is 28.2. The molecule has 0 saturated carbocycles. The Morgan fingerprint density at radius 2 is 0.763 bits per heavy atom. The number of hydrogen-bond donors (Lipinski definition) is 24. The number of nitrogens with one attached hydrogen (secondary N) is 2. The van der Waals surface area contributed by atoms with Gasteiger partial charge >= 0.3 is 0 Å². The molecule has 540 valence electrons. The van der Waals surface area contributed by atoms with Gasteiger partial charge in [-0.05, 0) is 13.8 Å². The zero-order valence-corrected chi connectivity index (χ0v) is 50.1. The maximum Gasteiger partial charge on any atom is 0.217 e. The second kappa shape index (κ2) is 33.8. The monoisotopic (exact) mass is 1360 g/mol. The number of ether oxygens (including phenoxy) is 14. The minimum Gasteiger partial charge on any atom is -0.394 e. The fourth-order valence-corrected chi connectivity index (χ4v) is 11.6. The maximum absolute atomic E-state index is 13.3. The molecule has 7 rings (SSSR count). The number of aliphatic hydroxyl groups excluding tert-OH is 22. The van der Waals surface area contributed by atoms with Crippen molar-refractivity contribution in [3.8, 4) is 0 Å². The van der Waals surface area contributed by atoms with Gasteiger partial charge in [0.05, 0.1) is 51.8 Å². The van der Waals surface area contributed by atoms with Crippen LogP contribution < -0.4 is 10.6 Å². The molecular formula is C52H88N2O39. The summed E-state index contributed by atoms with van der Waals surface area (Å²) in [5.41, 5.74) is 0. The van der Waals surface area contributed by atoms with Crippen molar-refractivity contribution in [1.29, 1.82) is 0 Å². The second-order valence-electron chi connectivity index (χ2n) is 23.5.